The number of benzene rings is 1. The lowest BCUT2D eigenvalue weighted by Gasteiger charge is -2.27. The molecule has 0 spiro atoms. The lowest BCUT2D eigenvalue weighted by molar-refractivity contribution is 0.0815. The average Bonchev–Trinajstić information content (AvgIpc) is 2.33. The summed E-state index contributed by atoms with van der Waals surface area (Å²) in [5.41, 5.74) is 0.432. The maximum atomic E-state index is 13.8. The van der Waals surface area contributed by atoms with Gasteiger partial charge in [-0.15, -0.1) is 0 Å². The van der Waals surface area contributed by atoms with Crippen LogP contribution in [0.15, 0.2) is 22.7 Å². The fourth-order valence-electron chi connectivity index (χ4n) is 2.45. The maximum absolute atomic E-state index is 13.8. The van der Waals surface area contributed by atoms with Gasteiger partial charge in [-0.25, -0.2) is 4.39 Å². The maximum Gasteiger partial charge on any atom is 0.143 e. The van der Waals surface area contributed by atoms with Crippen LogP contribution in [0.3, 0.4) is 0 Å². The zero-order valence-electron chi connectivity index (χ0n) is 9.13. The number of hydrogen-bond donors (Lipinski definition) is 1. The smallest absolute Gasteiger partial charge is 0.143 e. The molecule has 1 aliphatic rings. The van der Waals surface area contributed by atoms with Crippen LogP contribution in [0.5, 0.6) is 0 Å². The molecule has 88 valence electrons. The molecule has 0 amide bonds. The summed E-state index contributed by atoms with van der Waals surface area (Å²) in [5, 5.41) is 10.2. The van der Waals surface area contributed by atoms with E-state index in [0.29, 0.717) is 10.0 Å². The number of halogens is 2. The first-order valence-corrected chi connectivity index (χ1v) is 6.61. The van der Waals surface area contributed by atoms with Crippen molar-refractivity contribution in [3.05, 3.63) is 34.1 Å². The molecule has 0 saturated heterocycles. The summed E-state index contributed by atoms with van der Waals surface area (Å²) in [7, 11) is 0. The number of aliphatic hydroxyl groups excluding tert-OH is 1. The zero-order valence-corrected chi connectivity index (χ0v) is 10.7. The lowest BCUT2D eigenvalue weighted by Crippen LogP contribution is -2.17. The molecule has 2 rings (SSSR count). The molecule has 1 nitrogen and oxygen atoms in total. The normalized spacial score (nSPS) is 19.7. The molecule has 16 heavy (non-hydrogen) atoms. The third-order valence-corrected chi connectivity index (χ3v) is 4.01. The SMILES string of the molecule is OC(c1cccc(Br)c1F)C1CCCCC1. The molecule has 1 unspecified atom stereocenters. The van der Waals surface area contributed by atoms with Gasteiger partial charge in [0.15, 0.2) is 0 Å². The Balaban J connectivity index is 2.19. The second-order valence-corrected chi connectivity index (χ2v) is 5.34. The molecule has 1 aromatic carbocycles. The highest BCUT2D eigenvalue weighted by atomic mass is 79.9. The Morgan fingerprint density at radius 1 is 1.25 bits per heavy atom. The third kappa shape index (κ3) is 2.46. The van der Waals surface area contributed by atoms with E-state index in [2.05, 4.69) is 15.9 Å². The molecule has 1 N–H and O–H groups in total. The molecule has 3 heteroatoms. The fraction of sp³-hybridized carbons (Fsp3) is 0.538. The third-order valence-electron chi connectivity index (χ3n) is 3.40. The standard InChI is InChI=1S/C13H16BrFO/c14-11-8-4-7-10(12(11)15)13(16)9-5-2-1-3-6-9/h4,7-9,13,16H,1-3,5-6H2. The van der Waals surface area contributed by atoms with Gasteiger partial charge < -0.3 is 5.11 Å². The van der Waals surface area contributed by atoms with Crippen molar-refractivity contribution >= 4 is 15.9 Å². The van der Waals surface area contributed by atoms with E-state index in [1.165, 1.54) is 6.42 Å². The molecule has 1 aromatic rings. The van der Waals surface area contributed by atoms with Crippen LogP contribution in [0, 0.1) is 11.7 Å². The van der Waals surface area contributed by atoms with Crippen LogP contribution >= 0.6 is 15.9 Å². The van der Waals surface area contributed by atoms with Crippen molar-refractivity contribution < 1.29 is 9.50 Å². The van der Waals surface area contributed by atoms with E-state index < -0.39 is 6.10 Å². The van der Waals surface area contributed by atoms with Crippen LogP contribution in [-0.2, 0) is 0 Å². The van der Waals surface area contributed by atoms with Crippen molar-refractivity contribution in [2.45, 2.75) is 38.2 Å². The van der Waals surface area contributed by atoms with Crippen LogP contribution < -0.4 is 0 Å². The first-order chi connectivity index (χ1) is 7.70. The largest absolute Gasteiger partial charge is 0.388 e. The average molecular weight is 287 g/mol. The fourth-order valence-corrected chi connectivity index (χ4v) is 2.83. The minimum Gasteiger partial charge on any atom is -0.388 e. The van der Waals surface area contributed by atoms with Crippen LogP contribution in [0.25, 0.3) is 0 Å². The summed E-state index contributed by atoms with van der Waals surface area (Å²) in [5.74, 6) is -0.0990. The van der Waals surface area contributed by atoms with E-state index in [9.17, 15) is 9.50 Å². The highest BCUT2D eigenvalue weighted by Gasteiger charge is 2.25. The first kappa shape index (κ1) is 12.1. The molecule has 1 atom stereocenters. The predicted molar refractivity (Wildman–Crippen MR) is 65.6 cm³/mol. The van der Waals surface area contributed by atoms with Gasteiger partial charge in [0.25, 0.3) is 0 Å². The molecular weight excluding hydrogens is 271 g/mol. The van der Waals surface area contributed by atoms with Gasteiger partial charge in [0.05, 0.1) is 10.6 Å². The number of aliphatic hydroxyl groups is 1. The van der Waals surface area contributed by atoms with Crippen molar-refractivity contribution in [1.82, 2.24) is 0 Å². The van der Waals surface area contributed by atoms with Crippen molar-refractivity contribution in [1.29, 1.82) is 0 Å². The van der Waals surface area contributed by atoms with Crippen LogP contribution in [0.4, 0.5) is 4.39 Å². The molecule has 0 bridgehead atoms. The summed E-state index contributed by atoms with van der Waals surface area (Å²) in [4.78, 5) is 0. The van der Waals surface area contributed by atoms with Crippen molar-refractivity contribution in [2.24, 2.45) is 5.92 Å². The molecule has 0 aliphatic heterocycles. The Hall–Kier alpha value is -0.410. The van der Waals surface area contributed by atoms with Gasteiger partial charge >= 0.3 is 0 Å². The molecule has 0 radical (unpaired) electrons. The Bertz CT molecular complexity index is 361. The monoisotopic (exact) mass is 286 g/mol. The Morgan fingerprint density at radius 2 is 1.94 bits per heavy atom. The molecule has 1 fully saturated rings. The Labute approximate surface area is 104 Å². The van der Waals surface area contributed by atoms with Crippen molar-refractivity contribution in [3.63, 3.8) is 0 Å². The minimum atomic E-state index is -0.655. The van der Waals surface area contributed by atoms with E-state index in [-0.39, 0.29) is 11.7 Å². The van der Waals surface area contributed by atoms with Gasteiger partial charge in [-0.3, -0.25) is 0 Å². The zero-order chi connectivity index (χ0) is 11.5. The Kier molecular flexibility index (Phi) is 3.98. The van der Waals surface area contributed by atoms with Gasteiger partial charge in [0.1, 0.15) is 5.82 Å². The molecule has 0 aromatic heterocycles. The first-order valence-electron chi connectivity index (χ1n) is 5.82. The van der Waals surface area contributed by atoms with Crippen LogP contribution in [0.1, 0.15) is 43.8 Å². The minimum absolute atomic E-state index is 0.220. The van der Waals surface area contributed by atoms with Gasteiger partial charge in [0.2, 0.25) is 0 Å². The van der Waals surface area contributed by atoms with Gasteiger partial charge in [-0.2, -0.15) is 0 Å². The summed E-state index contributed by atoms with van der Waals surface area (Å²) >= 11 is 3.15. The van der Waals surface area contributed by atoms with Crippen LogP contribution in [-0.4, -0.2) is 5.11 Å². The molecule has 0 heterocycles. The lowest BCUT2D eigenvalue weighted by atomic mass is 9.82. The summed E-state index contributed by atoms with van der Waals surface area (Å²) < 4.78 is 14.2. The van der Waals surface area contributed by atoms with E-state index in [1.807, 2.05) is 0 Å². The van der Waals surface area contributed by atoms with Gasteiger partial charge in [-0.1, -0.05) is 31.4 Å². The van der Waals surface area contributed by atoms with Crippen molar-refractivity contribution in [3.8, 4) is 0 Å². The van der Waals surface area contributed by atoms with E-state index in [1.54, 1.807) is 18.2 Å². The summed E-state index contributed by atoms with van der Waals surface area (Å²) in [6.45, 7) is 0. The summed E-state index contributed by atoms with van der Waals surface area (Å²) in [6, 6.07) is 5.11. The Morgan fingerprint density at radius 3 is 2.62 bits per heavy atom. The van der Waals surface area contributed by atoms with E-state index in [0.717, 1.165) is 25.7 Å². The van der Waals surface area contributed by atoms with Gasteiger partial charge in [0, 0.05) is 5.56 Å². The summed E-state index contributed by atoms with van der Waals surface area (Å²) in [6.07, 6.45) is 4.90. The molecule has 1 aliphatic carbocycles. The van der Waals surface area contributed by atoms with E-state index in [4.69, 9.17) is 0 Å². The van der Waals surface area contributed by atoms with Gasteiger partial charge in [-0.05, 0) is 40.8 Å². The number of rotatable bonds is 2. The topological polar surface area (TPSA) is 20.2 Å². The number of hydrogen-bond acceptors (Lipinski definition) is 1. The molecular formula is C13H16BrFO. The molecule has 1 saturated carbocycles. The highest BCUT2D eigenvalue weighted by Crippen LogP contribution is 2.36. The quantitative estimate of drug-likeness (QED) is 0.864. The van der Waals surface area contributed by atoms with Crippen LogP contribution in [0.2, 0.25) is 0 Å². The predicted octanol–water partition coefficient (Wildman–Crippen LogP) is 4.20. The van der Waals surface area contributed by atoms with Crippen molar-refractivity contribution in [2.75, 3.05) is 0 Å². The highest BCUT2D eigenvalue weighted by molar-refractivity contribution is 9.10. The van der Waals surface area contributed by atoms with E-state index >= 15 is 0 Å². The second kappa shape index (κ2) is 5.28. The second-order valence-electron chi connectivity index (χ2n) is 4.49.